The average molecular weight is 247 g/mol. The number of hydrogen-bond acceptors (Lipinski definition) is 4. The molecule has 0 aliphatic heterocycles. The molecule has 0 unspecified atom stereocenters. The maximum Gasteiger partial charge on any atom is 0.351 e. The molecule has 14 heavy (non-hydrogen) atoms. The summed E-state index contributed by atoms with van der Waals surface area (Å²) in [6.45, 7) is 3.01. The fourth-order valence-corrected chi connectivity index (χ4v) is 2.34. The van der Waals surface area contributed by atoms with Crippen molar-refractivity contribution >= 4 is 20.6 Å². The minimum atomic E-state index is -4.92. The van der Waals surface area contributed by atoms with Gasteiger partial charge in [0, 0.05) is 6.54 Å². The summed E-state index contributed by atoms with van der Waals surface area (Å²) in [5.74, 6) is 0.0426. The molecule has 0 saturated heterocycles. The Hall–Kier alpha value is -0.220. The zero-order valence-electron chi connectivity index (χ0n) is 7.78. The molecule has 0 amide bonds. The molecule has 9 heteroatoms. The van der Waals surface area contributed by atoms with Crippen molar-refractivity contribution in [3.63, 3.8) is 0 Å². The van der Waals surface area contributed by atoms with Gasteiger partial charge in [0.25, 0.3) is 0 Å². The first-order valence-corrected chi connectivity index (χ1v) is 6.57. The quantitative estimate of drug-likeness (QED) is 0.658. The fraction of sp³-hybridized carbons (Fsp3) is 1.00. The van der Waals surface area contributed by atoms with E-state index < -0.39 is 27.2 Å². The Labute approximate surface area is 83.5 Å². The van der Waals surface area contributed by atoms with Gasteiger partial charge in [0.15, 0.2) is 0 Å². The largest absolute Gasteiger partial charge is 0.351 e. The first-order chi connectivity index (χ1) is 6.05. The maximum atomic E-state index is 10.5. The lowest BCUT2D eigenvalue weighted by molar-refractivity contribution is 0.371. The van der Waals surface area contributed by atoms with E-state index >= 15 is 0 Å². The molecule has 0 radical (unpaired) electrons. The SMILES string of the molecule is CC(C)CCN(S(=O)(=O)O)S(=O)(=O)O. The molecule has 0 fully saturated rings. The third-order valence-electron chi connectivity index (χ3n) is 1.40. The van der Waals surface area contributed by atoms with Gasteiger partial charge in [-0.05, 0) is 16.0 Å². The van der Waals surface area contributed by atoms with Crippen molar-refractivity contribution in [2.75, 3.05) is 6.54 Å². The minimum absolute atomic E-state index is 0.0426. The predicted octanol–water partition coefficient (Wildman–Crippen LogP) is -0.0599. The zero-order chi connectivity index (χ0) is 11.6. The molecule has 0 aliphatic carbocycles. The highest BCUT2D eigenvalue weighted by Gasteiger charge is 2.30. The Morgan fingerprint density at radius 3 is 1.64 bits per heavy atom. The van der Waals surface area contributed by atoms with Gasteiger partial charge in [-0.25, -0.2) is 0 Å². The standard InChI is InChI=1S/C5H13NO6S2/c1-5(2)3-4-6(13(7,8)9)14(10,11)12/h5H,3-4H2,1-2H3,(H,7,8,9)(H,10,11,12). The average Bonchev–Trinajstić information content (AvgIpc) is 1.78. The third kappa shape index (κ3) is 4.86. The number of hydrogen-bond donors (Lipinski definition) is 2. The van der Waals surface area contributed by atoms with E-state index in [4.69, 9.17) is 9.11 Å². The van der Waals surface area contributed by atoms with Crippen molar-refractivity contribution in [1.29, 1.82) is 0 Å². The smallest absolute Gasteiger partial charge is 0.273 e. The van der Waals surface area contributed by atoms with Crippen molar-refractivity contribution in [2.45, 2.75) is 20.3 Å². The van der Waals surface area contributed by atoms with Gasteiger partial charge >= 0.3 is 20.6 Å². The van der Waals surface area contributed by atoms with Gasteiger partial charge in [-0.3, -0.25) is 9.11 Å². The summed E-state index contributed by atoms with van der Waals surface area (Å²) >= 11 is 0. The number of rotatable bonds is 5. The van der Waals surface area contributed by atoms with Gasteiger partial charge in [0.2, 0.25) is 0 Å². The van der Waals surface area contributed by atoms with Crippen LogP contribution in [0.4, 0.5) is 0 Å². The van der Waals surface area contributed by atoms with Crippen LogP contribution in [-0.2, 0) is 20.6 Å². The van der Waals surface area contributed by atoms with E-state index in [1.807, 2.05) is 0 Å². The molecule has 0 aliphatic rings. The normalized spacial score (nSPS) is 13.9. The Balaban J connectivity index is 4.80. The summed E-state index contributed by atoms with van der Waals surface area (Å²) in [4.78, 5) is 0. The van der Waals surface area contributed by atoms with E-state index in [9.17, 15) is 16.8 Å². The third-order valence-corrected chi connectivity index (χ3v) is 3.93. The van der Waals surface area contributed by atoms with Crippen LogP contribution in [0, 0.1) is 5.92 Å². The molecule has 0 heterocycles. The molecule has 0 atom stereocenters. The Morgan fingerprint density at radius 2 is 1.43 bits per heavy atom. The van der Waals surface area contributed by atoms with E-state index in [1.165, 1.54) is 0 Å². The highest BCUT2D eigenvalue weighted by molar-refractivity contribution is 7.98. The molecule has 0 aromatic carbocycles. The second-order valence-corrected chi connectivity index (χ2v) is 6.04. The fourth-order valence-electron chi connectivity index (χ4n) is 0.713. The van der Waals surface area contributed by atoms with E-state index in [1.54, 1.807) is 13.8 Å². The van der Waals surface area contributed by atoms with Crippen molar-refractivity contribution in [2.24, 2.45) is 5.92 Å². The lowest BCUT2D eigenvalue weighted by Crippen LogP contribution is -2.37. The van der Waals surface area contributed by atoms with Crippen LogP contribution in [0.15, 0.2) is 0 Å². The van der Waals surface area contributed by atoms with Crippen LogP contribution in [0.1, 0.15) is 20.3 Å². The summed E-state index contributed by atoms with van der Waals surface area (Å²) in [5.41, 5.74) is 0. The van der Waals surface area contributed by atoms with E-state index in [2.05, 4.69) is 0 Å². The van der Waals surface area contributed by atoms with E-state index in [0.717, 1.165) is 0 Å². The topological polar surface area (TPSA) is 112 Å². The Morgan fingerprint density at radius 1 is 1.07 bits per heavy atom. The van der Waals surface area contributed by atoms with E-state index in [0.29, 0.717) is 0 Å². The second kappa shape index (κ2) is 4.53. The molecule has 7 nitrogen and oxygen atoms in total. The van der Waals surface area contributed by atoms with Crippen molar-refractivity contribution in [3.8, 4) is 0 Å². The molecule has 0 bridgehead atoms. The number of nitrogens with zero attached hydrogens (tertiary/aromatic N) is 1. The highest BCUT2D eigenvalue weighted by Crippen LogP contribution is 2.09. The van der Waals surface area contributed by atoms with Crippen LogP contribution in [0.2, 0.25) is 0 Å². The van der Waals surface area contributed by atoms with Crippen LogP contribution in [0.25, 0.3) is 0 Å². The van der Waals surface area contributed by atoms with Gasteiger partial charge in [-0.2, -0.15) is 16.8 Å². The van der Waals surface area contributed by atoms with Crippen LogP contribution in [0.3, 0.4) is 0 Å². The zero-order valence-corrected chi connectivity index (χ0v) is 9.42. The van der Waals surface area contributed by atoms with Crippen LogP contribution in [-0.4, -0.2) is 36.2 Å². The second-order valence-electron chi connectivity index (χ2n) is 3.13. The van der Waals surface area contributed by atoms with Crippen molar-refractivity contribution < 1.29 is 25.9 Å². The summed E-state index contributed by atoms with van der Waals surface area (Å²) in [7, 11) is -9.85. The molecule has 0 aromatic rings. The predicted molar refractivity (Wildman–Crippen MR) is 49.3 cm³/mol. The molecule has 86 valence electrons. The Bertz CT molecular complexity index is 337. The summed E-state index contributed by atoms with van der Waals surface area (Å²) in [5, 5.41) is 0. The van der Waals surface area contributed by atoms with Gasteiger partial charge in [-0.15, -0.1) is 0 Å². The lowest BCUT2D eigenvalue weighted by atomic mass is 10.1. The van der Waals surface area contributed by atoms with Gasteiger partial charge in [-0.1, -0.05) is 13.8 Å². The van der Waals surface area contributed by atoms with Gasteiger partial charge in [0.1, 0.15) is 0 Å². The monoisotopic (exact) mass is 247 g/mol. The summed E-state index contributed by atoms with van der Waals surface area (Å²) in [6.07, 6.45) is 0.208. The molecule has 2 N–H and O–H groups in total. The molecular formula is C5H13NO6S2. The Kier molecular flexibility index (Phi) is 4.46. The molecular weight excluding hydrogens is 234 g/mol. The maximum absolute atomic E-state index is 10.5. The first-order valence-electron chi connectivity index (χ1n) is 3.78. The summed E-state index contributed by atoms with van der Waals surface area (Å²) < 4.78 is 58.8. The lowest BCUT2D eigenvalue weighted by Gasteiger charge is -2.15. The molecule has 0 saturated carbocycles. The van der Waals surface area contributed by atoms with Crippen LogP contribution in [0.5, 0.6) is 0 Å². The van der Waals surface area contributed by atoms with Crippen molar-refractivity contribution in [1.82, 2.24) is 3.71 Å². The highest BCUT2D eigenvalue weighted by atomic mass is 32.3. The van der Waals surface area contributed by atoms with E-state index in [-0.39, 0.29) is 16.0 Å². The molecule has 0 rings (SSSR count). The minimum Gasteiger partial charge on any atom is -0.273 e. The van der Waals surface area contributed by atoms with Crippen molar-refractivity contribution in [3.05, 3.63) is 0 Å². The summed E-state index contributed by atoms with van der Waals surface area (Å²) in [6, 6.07) is 0. The van der Waals surface area contributed by atoms with Gasteiger partial charge < -0.3 is 0 Å². The molecule has 0 spiro atoms. The first kappa shape index (κ1) is 13.8. The van der Waals surface area contributed by atoms with Crippen LogP contribution < -0.4 is 0 Å². The van der Waals surface area contributed by atoms with Gasteiger partial charge in [0.05, 0.1) is 0 Å². The molecule has 0 aromatic heterocycles. The van der Waals surface area contributed by atoms with Crippen LogP contribution >= 0.6 is 0 Å².